The Balaban J connectivity index is 2.57. The lowest BCUT2D eigenvalue weighted by molar-refractivity contribution is -0.792. The molecule has 6 heteroatoms. The molecule has 1 aliphatic heterocycles. The van der Waals surface area contributed by atoms with E-state index < -0.39 is 10.6 Å². The van der Waals surface area contributed by atoms with E-state index in [0.717, 1.165) is 12.8 Å². The number of imide groups is 1. The lowest BCUT2D eigenvalue weighted by atomic mass is 10.2. The molecule has 2 atom stereocenters. The van der Waals surface area contributed by atoms with Crippen LogP contribution in [0.2, 0.25) is 0 Å². The number of nitrogens with zero attached hydrogens (tertiary/aromatic N) is 1. The summed E-state index contributed by atoms with van der Waals surface area (Å²) in [5, 5.41) is 9.37. The zero-order valence-corrected chi connectivity index (χ0v) is 11.7. The van der Waals surface area contributed by atoms with Crippen LogP contribution in [0, 0.1) is 0 Å². The first kappa shape index (κ1) is 15.2. The lowest BCUT2D eigenvalue weighted by Gasteiger charge is -2.29. The Hall–Kier alpha value is -0.880. The summed E-state index contributed by atoms with van der Waals surface area (Å²) >= 11 is 1.18. The summed E-state index contributed by atoms with van der Waals surface area (Å²) in [6.45, 7) is 3.71. The van der Waals surface area contributed by atoms with Crippen LogP contribution in [0.1, 0.15) is 39.5 Å². The first-order valence-corrected chi connectivity index (χ1v) is 7.18. The Morgan fingerprint density at radius 2 is 2.06 bits per heavy atom. The first-order chi connectivity index (χ1) is 8.41. The van der Waals surface area contributed by atoms with Crippen LogP contribution in [-0.2, 0) is 9.59 Å². The van der Waals surface area contributed by atoms with Gasteiger partial charge in [0, 0.05) is 25.5 Å². The Kier molecular flexibility index (Phi) is 5.34. The minimum atomic E-state index is -1.04. The van der Waals surface area contributed by atoms with Crippen molar-refractivity contribution in [2.75, 3.05) is 12.3 Å². The van der Waals surface area contributed by atoms with Crippen LogP contribution in [0.3, 0.4) is 0 Å². The van der Waals surface area contributed by atoms with Crippen molar-refractivity contribution in [3.8, 4) is 0 Å². The molecule has 1 aliphatic rings. The van der Waals surface area contributed by atoms with Crippen molar-refractivity contribution in [2.24, 2.45) is 0 Å². The van der Waals surface area contributed by atoms with Gasteiger partial charge in [-0.2, -0.15) is 9.28 Å². The predicted molar refractivity (Wildman–Crippen MR) is 69.2 cm³/mol. The summed E-state index contributed by atoms with van der Waals surface area (Å²) in [5.41, 5.74) is 0. The smallest absolute Gasteiger partial charge is 0.435 e. The fourth-order valence-corrected chi connectivity index (χ4v) is 3.05. The molecular weight excluding hydrogens is 254 g/mol. The topological polar surface area (TPSA) is 71.4 Å². The molecule has 0 aromatic carbocycles. The van der Waals surface area contributed by atoms with Crippen molar-refractivity contribution in [2.45, 2.75) is 45.6 Å². The molecule has 0 bridgehead atoms. The van der Waals surface area contributed by atoms with Gasteiger partial charge in [0.05, 0.1) is 13.0 Å². The monoisotopic (exact) mass is 274 g/mol. The lowest BCUT2D eigenvalue weighted by Crippen LogP contribution is -2.58. The van der Waals surface area contributed by atoms with Crippen LogP contribution >= 0.6 is 11.8 Å². The van der Waals surface area contributed by atoms with E-state index >= 15 is 0 Å². The maximum absolute atomic E-state index is 12.2. The summed E-state index contributed by atoms with van der Waals surface area (Å²) in [7, 11) is 0. The third kappa shape index (κ3) is 3.11. The summed E-state index contributed by atoms with van der Waals surface area (Å²) in [6, 6.07) is -0.143. The Labute approximate surface area is 111 Å². The molecule has 1 heterocycles. The van der Waals surface area contributed by atoms with Gasteiger partial charge in [-0.15, -0.1) is 0 Å². The van der Waals surface area contributed by atoms with Crippen molar-refractivity contribution < 1.29 is 24.0 Å². The number of thioether (sulfide) groups is 1. The Morgan fingerprint density at radius 3 is 2.50 bits per heavy atom. The maximum atomic E-state index is 12.2. The van der Waals surface area contributed by atoms with Crippen molar-refractivity contribution in [1.29, 1.82) is 0 Å². The summed E-state index contributed by atoms with van der Waals surface area (Å²) < 4.78 is -0.426. The number of likely N-dealkylation sites (tertiary alicyclic amines) is 1. The third-order valence-electron chi connectivity index (χ3n) is 3.51. The molecule has 102 valence electrons. The number of carbonyl (C=O) groups excluding carboxylic acids is 2. The summed E-state index contributed by atoms with van der Waals surface area (Å²) in [6.07, 6.45) is 1.31. The molecule has 18 heavy (non-hydrogen) atoms. The standard InChI is InChI=1S/C12H19NO4S/c1-9-5-3-7-13(9,12(16)17)11(15)6-4-8-18-10(2)14/h9H,3-8H2,1-2H3/p+1/t9-,13?/m0/s1. The van der Waals surface area contributed by atoms with Crippen molar-refractivity contribution in [1.82, 2.24) is 0 Å². The Morgan fingerprint density at radius 1 is 1.39 bits per heavy atom. The van der Waals surface area contributed by atoms with Crippen LogP contribution in [-0.4, -0.2) is 45.0 Å². The van der Waals surface area contributed by atoms with Crippen molar-refractivity contribution >= 4 is 28.9 Å². The Bertz CT molecular complexity index is 358. The molecule has 0 radical (unpaired) electrons. The molecule has 1 rings (SSSR count). The number of carboxylic acid groups (broad SMARTS) is 1. The van der Waals surface area contributed by atoms with Gasteiger partial charge in [0.25, 0.3) is 0 Å². The molecule has 1 N–H and O–H groups in total. The fourth-order valence-electron chi connectivity index (χ4n) is 2.48. The van der Waals surface area contributed by atoms with E-state index in [2.05, 4.69) is 0 Å². The number of quaternary nitrogens is 1. The van der Waals surface area contributed by atoms with Crippen molar-refractivity contribution in [3.63, 3.8) is 0 Å². The minimum Gasteiger partial charge on any atom is -0.435 e. The molecular formula is C12H20NO4S+. The van der Waals surface area contributed by atoms with E-state index in [0.29, 0.717) is 18.7 Å². The zero-order valence-electron chi connectivity index (χ0n) is 10.8. The van der Waals surface area contributed by atoms with E-state index in [9.17, 15) is 19.5 Å². The SMILES string of the molecule is CC(=O)SCCCC(=O)[N+]1(C(=O)O)CCC[C@@H]1C. The van der Waals surface area contributed by atoms with Gasteiger partial charge in [-0.3, -0.25) is 4.79 Å². The molecule has 2 amide bonds. The first-order valence-electron chi connectivity index (χ1n) is 6.19. The normalized spacial score (nSPS) is 27.1. The van der Waals surface area contributed by atoms with Crippen LogP contribution in [0.15, 0.2) is 0 Å². The van der Waals surface area contributed by atoms with Gasteiger partial charge in [0.2, 0.25) is 0 Å². The largest absolute Gasteiger partial charge is 0.521 e. The molecule has 1 saturated heterocycles. The molecule has 0 aromatic heterocycles. The highest BCUT2D eigenvalue weighted by Gasteiger charge is 2.52. The minimum absolute atomic E-state index is 0.0270. The third-order valence-corrected chi connectivity index (χ3v) is 4.41. The molecule has 5 nitrogen and oxygen atoms in total. The molecule has 1 unspecified atom stereocenters. The van der Waals surface area contributed by atoms with Gasteiger partial charge in [0.15, 0.2) is 5.12 Å². The van der Waals surface area contributed by atoms with Gasteiger partial charge < -0.3 is 5.11 Å². The van der Waals surface area contributed by atoms with E-state index in [1.165, 1.54) is 18.7 Å². The molecule has 0 saturated carbocycles. The number of carbonyl (C=O) groups is 3. The number of amides is 2. The number of hydrogen-bond acceptors (Lipinski definition) is 4. The molecule has 0 aliphatic carbocycles. The molecule has 1 fully saturated rings. The van der Waals surface area contributed by atoms with E-state index in [1.807, 2.05) is 6.92 Å². The second-order valence-electron chi connectivity index (χ2n) is 4.70. The van der Waals surface area contributed by atoms with Gasteiger partial charge in [-0.1, -0.05) is 11.8 Å². The van der Waals surface area contributed by atoms with Gasteiger partial charge in [-0.05, 0) is 13.3 Å². The summed E-state index contributed by atoms with van der Waals surface area (Å²) in [5.74, 6) is 0.353. The van der Waals surface area contributed by atoms with E-state index in [-0.39, 0.29) is 23.5 Å². The van der Waals surface area contributed by atoms with Crippen LogP contribution in [0.25, 0.3) is 0 Å². The second-order valence-corrected chi connectivity index (χ2v) is 5.98. The van der Waals surface area contributed by atoms with E-state index in [1.54, 1.807) is 0 Å². The van der Waals surface area contributed by atoms with E-state index in [4.69, 9.17) is 0 Å². The van der Waals surface area contributed by atoms with Crippen LogP contribution in [0.4, 0.5) is 4.79 Å². The van der Waals surface area contributed by atoms with Crippen molar-refractivity contribution in [3.05, 3.63) is 0 Å². The molecule has 0 spiro atoms. The maximum Gasteiger partial charge on any atom is 0.521 e. The van der Waals surface area contributed by atoms with Gasteiger partial charge >= 0.3 is 12.0 Å². The fraction of sp³-hybridized carbons (Fsp3) is 0.750. The van der Waals surface area contributed by atoms with Gasteiger partial charge in [0.1, 0.15) is 6.04 Å². The quantitative estimate of drug-likeness (QED) is 0.629. The highest BCUT2D eigenvalue weighted by molar-refractivity contribution is 8.13. The highest BCUT2D eigenvalue weighted by atomic mass is 32.2. The molecule has 0 aromatic rings. The number of rotatable bonds is 4. The van der Waals surface area contributed by atoms with Crippen LogP contribution in [0.5, 0.6) is 0 Å². The number of hydrogen-bond donors (Lipinski definition) is 1. The highest BCUT2D eigenvalue weighted by Crippen LogP contribution is 2.29. The van der Waals surface area contributed by atoms with Gasteiger partial charge in [-0.25, -0.2) is 4.79 Å². The van der Waals surface area contributed by atoms with Crippen LogP contribution < -0.4 is 0 Å². The average molecular weight is 274 g/mol. The predicted octanol–water partition coefficient (Wildman–Crippen LogP) is 2.25. The second kappa shape index (κ2) is 6.33. The average Bonchev–Trinajstić information content (AvgIpc) is 2.67. The summed E-state index contributed by atoms with van der Waals surface area (Å²) in [4.78, 5) is 34.3. The zero-order chi connectivity index (χ0) is 13.8.